The molecule has 128 valence electrons. The lowest BCUT2D eigenvalue weighted by molar-refractivity contribution is 0.0940. The van der Waals surface area contributed by atoms with Crippen LogP contribution in [0.4, 0.5) is 0 Å². The number of hydrogen-bond acceptors (Lipinski definition) is 2. The average Bonchev–Trinajstić information content (AvgIpc) is 2.54. The van der Waals surface area contributed by atoms with Crippen molar-refractivity contribution in [3.8, 4) is 5.75 Å². The Morgan fingerprint density at radius 3 is 2.25 bits per heavy atom. The largest absolute Gasteiger partial charge is 0.496 e. The molecule has 1 amide bonds. The molecule has 0 saturated heterocycles. The molecule has 24 heavy (non-hydrogen) atoms. The highest BCUT2D eigenvalue weighted by Crippen LogP contribution is 2.32. The first-order valence-electron chi connectivity index (χ1n) is 8.08. The second-order valence-corrected chi connectivity index (χ2v) is 7.55. The van der Waals surface area contributed by atoms with Gasteiger partial charge in [0.1, 0.15) is 5.75 Å². The second-order valence-electron chi connectivity index (χ2n) is 6.31. The zero-order chi connectivity index (χ0) is 17.9. The summed E-state index contributed by atoms with van der Waals surface area (Å²) in [6.07, 6.45) is 0. The molecule has 0 aliphatic heterocycles. The molecule has 0 heterocycles. The number of nitrogens with one attached hydrogen (secondary N) is 1. The van der Waals surface area contributed by atoms with E-state index in [9.17, 15) is 4.79 Å². The predicted octanol–water partition coefficient (Wildman–Crippen LogP) is 5.22. The van der Waals surface area contributed by atoms with Crippen LogP contribution in [-0.4, -0.2) is 13.0 Å². The molecule has 0 spiro atoms. The molecule has 1 atom stereocenters. The van der Waals surface area contributed by atoms with Crippen molar-refractivity contribution in [2.45, 2.75) is 39.7 Å². The molecule has 2 rings (SSSR count). The normalized spacial score (nSPS) is 12.1. The van der Waals surface area contributed by atoms with Crippen LogP contribution in [0.3, 0.4) is 0 Å². The molecular weight excluding hydrogens is 413 g/mol. The Morgan fingerprint density at radius 1 is 1.08 bits per heavy atom. The monoisotopic (exact) mass is 437 g/mol. The van der Waals surface area contributed by atoms with Crippen molar-refractivity contribution in [1.29, 1.82) is 0 Å². The standard InChI is InChI=1S/C20H24INO2/c1-12(2)17-11-18(13(3)10-19(17)24-5)14(4)22-20(23)15-6-8-16(21)9-7-15/h6-12,14H,1-5H3,(H,22,23)/t14-/m1/s1. The maximum Gasteiger partial charge on any atom is 0.251 e. The van der Waals surface area contributed by atoms with Gasteiger partial charge >= 0.3 is 0 Å². The minimum atomic E-state index is -0.0693. The van der Waals surface area contributed by atoms with Gasteiger partial charge in [-0.2, -0.15) is 0 Å². The van der Waals surface area contributed by atoms with Crippen LogP contribution in [0, 0.1) is 10.5 Å². The fraction of sp³-hybridized carbons (Fsp3) is 0.350. The molecule has 0 aromatic heterocycles. The van der Waals surface area contributed by atoms with E-state index in [1.807, 2.05) is 31.2 Å². The number of halogens is 1. The first-order chi connectivity index (χ1) is 11.3. The number of carbonyl (C=O) groups is 1. The summed E-state index contributed by atoms with van der Waals surface area (Å²) < 4.78 is 6.61. The molecule has 0 radical (unpaired) electrons. The lowest BCUT2D eigenvalue weighted by Gasteiger charge is -2.21. The first kappa shape index (κ1) is 18.8. The van der Waals surface area contributed by atoms with E-state index in [4.69, 9.17) is 4.74 Å². The number of benzene rings is 2. The third-order valence-corrected chi connectivity index (χ3v) is 4.88. The molecule has 4 heteroatoms. The lowest BCUT2D eigenvalue weighted by atomic mass is 9.93. The Bertz CT molecular complexity index is 723. The highest BCUT2D eigenvalue weighted by molar-refractivity contribution is 14.1. The van der Waals surface area contributed by atoms with Crippen LogP contribution < -0.4 is 10.1 Å². The molecule has 2 aromatic carbocycles. The summed E-state index contributed by atoms with van der Waals surface area (Å²) in [5, 5.41) is 3.09. The predicted molar refractivity (Wildman–Crippen MR) is 107 cm³/mol. The molecule has 3 nitrogen and oxygen atoms in total. The molecule has 0 unspecified atom stereocenters. The Morgan fingerprint density at radius 2 is 1.71 bits per heavy atom. The van der Waals surface area contributed by atoms with Crippen LogP contribution in [0.2, 0.25) is 0 Å². The number of methoxy groups -OCH3 is 1. The van der Waals surface area contributed by atoms with Crippen LogP contribution in [0.15, 0.2) is 36.4 Å². The van der Waals surface area contributed by atoms with Gasteiger partial charge in [0.2, 0.25) is 0 Å². The van der Waals surface area contributed by atoms with Crippen molar-refractivity contribution in [3.05, 3.63) is 62.2 Å². The number of rotatable bonds is 5. The number of hydrogen-bond donors (Lipinski definition) is 1. The second kappa shape index (κ2) is 8.01. The summed E-state index contributed by atoms with van der Waals surface area (Å²) >= 11 is 2.23. The maximum atomic E-state index is 12.5. The van der Waals surface area contributed by atoms with E-state index in [1.165, 1.54) is 0 Å². The van der Waals surface area contributed by atoms with Gasteiger partial charge in [0.25, 0.3) is 5.91 Å². The topological polar surface area (TPSA) is 38.3 Å². The van der Waals surface area contributed by atoms with E-state index in [0.717, 1.165) is 26.0 Å². The Hall–Kier alpha value is -1.56. The van der Waals surface area contributed by atoms with Crippen LogP contribution in [0.1, 0.15) is 59.8 Å². The third kappa shape index (κ3) is 4.29. The Labute approximate surface area is 157 Å². The van der Waals surface area contributed by atoms with E-state index in [-0.39, 0.29) is 11.9 Å². The van der Waals surface area contributed by atoms with Crippen molar-refractivity contribution in [1.82, 2.24) is 5.32 Å². The fourth-order valence-corrected chi connectivity index (χ4v) is 3.13. The number of amides is 1. The zero-order valence-corrected chi connectivity index (χ0v) is 17.0. The van der Waals surface area contributed by atoms with Gasteiger partial charge < -0.3 is 10.1 Å². The summed E-state index contributed by atoms with van der Waals surface area (Å²) in [5.74, 6) is 1.21. The molecule has 0 aliphatic rings. The molecule has 1 N–H and O–H groups in total. The summed E-state index contributed by atoms with van der Waals surface area (Å²) in [4.78, 5) is 12.5. The van der Waals surface area contributed by atoms with E-state index in [0.29, 0.717) is 11.5 Å². The number of carbonyl (C=O) groups excluding carboxylic acids is 1. The molecule has 0 saturated carbocycles. The van der Waals surface area contributed by atoms with Gasteiger partial charge in [0.15, 0.2) is 0 Å². The minimum Gasteiger partial charge on any atom is -0.496 e. The van der Waals surface area contributed by atoms with Crippen LogP contribution in [-0.2, 0) is 0 Å². The van der Waals surface area contributed by atoms with Crippen LogP contribution in [0.5, 0.6) is 5.75 Å². The molecule has 0 aliphatic carbocycles. The van der Waals surface area contributed by atoms with Crippen LogP contribution >= 0.6 is 22.6 Å². The van der Waals surface area contributed by atoms with Gasteiger partial charge in [-0.1, -0.05) is 13.8 Å². The van der Waals surface area contributed by atoms with E-state index in [2.05, 4.69) is 60.8 Å². The summed E-state index contributed by atoms with van der Waals surface area (Å²) in [6, 6.07) is 11.7. The maximum absolute atomic E-state index is 12.5. The lowest BCUT2D eigenvalue weighted by Crippen LogP contribution is -2.27. The van der Waals surface area contributed by atoms with Gasteiger partial charge in [-0.3, -0.25) is 4.79 Å². The van der Waals surface area contributed by atoms with E-state index >= 15 is 0 Å². The SMILES string of the molecule is COc1cc(C)c([C@@H](C)NC(=O)c2ccc(I)cc2)cc1C(C)C. The third-order valence-electron chi connectivity index (χ3n) is 4.16. The van der Waals surface area contributed by atoms with Crippen molar-refractivity contribution >= 4 is 28.5 Å². The van der Waals surface area contributed by atoms with Gasteiger partial charge in [0, 0.05) is 9.13 Å². The smallest absolute Gasteiger partial charge is 0.251 e. The molecular formula is C20H24INO2. The van der Waals surface area contributed by atoms with Crippen molar-refractivity contribution in [2.24, 2.45) is 0 Å². The zero-order valence-electron chi connectivity index (χ0n) is 14.8. The van der Waals surface area contributed by atoms with Gasteiger partial charge in [0.05, 0.1) is 13.2 Å². The number of aryl methyl sites for hydroxylation is 1. The fourth-order valence-electron chi connectivity index (χ4n) is 2.77. The quantitative estimate of drug-likeness (QED) is 0.652. The number of ether oxygens (including phenoxy) is 1. The van der Waals surface area contributed by atoms with Gasteiger partial charge in [-0.15, -0.1) is 0 Å². The van der Waals surface area contributed by atoms with Crippen molar-refractivity contribution in [3.63, 3.8) is 0 Å². The average molecular weight is 437 g/mol. The highest BCUT2D eigenvalue weighted by atomic mass is 127. The molecule has 0 bridgehead atoms. The molecule has 2 aromatic rings. The van der Waals surface area contributed by atoms with E-state index < -0.39 is 0 Å². The van der Waals surface area contributed by atoms with Crippen molar-refractivity contribution < 1.29 is 9.53 Å². The molecule has 0 fully saturated rings. The van der Waals surface area contributed by atoms with Crippen molar-refractivity contribution in [2.75, 3.05) is 7.11 Å². The summed E-state index contributed by atoms with van der Waals surface area (Å²) in [7, 11) is 1.70. The Kier molecular flexibility index (Phi) is 6.27. The van der Waals surface area contributed by atoms with Gasteiger partial charge in [-0.05, 0) is 95.4 Å². The van der Waals surface area contributed by atoms with Crippen LogP contribution in [0.25, 0.3) is 0 Å². The van der Waals surface area contributed by atoms with E-state index in [1.54, 1.807) is 7.11 Å². The Balaban J connectivity index is 2.25. The highest BCUT2D eigenvalue weighted by Gasteiger charge is 2.17. The summed E-state index contributed by atoms with van der Waals surface area (Å²) in [5.41, 5.74) is 4.08. The minimum absolute atomic E-state index is 0.0554. The first-order valence-corrected chi connectivity index (χ1v) is 9.16. The summed E-state index contributed by atoms with van der Waals surface area (Å²) in [6.45, 7) is 8.36. The van der Waals surface area contributed by atoms with Gasteiger partial charge in [-0.25, -0.2) is 0 Å².